The maximum Gasteiger partial charge on any atom is 0.222 e. The molecule has 0 heterocycles. The van der Waals surface area contributed by atoms with Crippen LogP contribution in [-0.2, 0) is 4.79 Å². The predicted octanol–water partition coefficient (Wildman–Crippen LogP) is 4.33. The molecule has 2 N–H and O–H groups in total. The number of amides is 1. The first-order valence-electron chi connectivity index (χ1n) is 11.8. The fraction of sp³-hybridized carbons (Fsp3) is 0.731. The van der Waals surface area contributed by atoms with Crippen molar-refractivity contribution < 1.29 is 15.0 Å². The largest absolute Gasteiger partial charge is 0.392 e. The Labute approximate surface area is 183 Å². The van der Waals surface area contributed by atoms with Gasteiger partial charge in [-0.1, -0.05) is 30.7 Å². The van der Waals surface area contributed by atoms with Crippen LogP contribution in [0.1, 0.15) is 72.6 Å². The lowest BCUT2D eigenvalue weighted by Gasteiger charge is -2.20. The van der Waals surface area contributed by atoms with E-state index in [1.807, 2.05) is 38.7 Å². The van der Waals surface area contributed by atoms with Crippen LogP contribution >= 0.6 is 0 Å². The molecular formula is C26H41NO3. The number of allylic oxidation sites excluding steroid dienone is 2. The summed E-state index contributed by atoms with van der Waals surface area (Å²) in [6.07, 6.45) is 11.7. The number of fused-ring (bicyclic) bond motifs is 1. The first-order valence-corrected chi connectivity index (χ1v) is 11.8. The number of carbonyl (C=O) groups excluding carboxylic acids is 1. The third-order valence-corrected chi connectivity index (χ3v) is 6.92. The molecule has 2 rings (SSSR count). The Hall–Kier alpha value is -1.57. The lowest BCUT2D eigenvalue weighted by atomic mass is 9.88. The fourth-order valence-electron chi connectivity index (χ4n) is 4.97. The van der Waals surface area contributed by atoms with Crippen molar-refractivity contribution in [2.75, 3.05) is 13.1 Å². The van der Waals surface area contributed by atoms with Crippen LogP contribution in [0.2, 0.25) is 0 Å². The van der Waals surface area contributed by atoms with Gasteiger partial charge in [-0.15, -0.1) is 11.8 Å². The molecule has 0 aliphatic heterocycles. The molecule has 1 amide bonds. The van der Waals surface area contributed by atoms with Crippen molar-refractivity contribution in [2.45, 2.75) is 84.8 Å². The van der Waals surface area contributed by atoms with E-state index in [4.69, 9.17) is 0 Å². The number of nitrogens with zero attached hydrogens (tertiary/aromatic N) is 1. The molecule has 4 heteroatoms. The quantitative estimate of drug-likeness (QED) is 0.300. The van der Waals surface area contributed by atoms with Gasteiger partial charge in [0.05, 0.1) is 12.2 Å². The Balaban J connectivity index is 1.79. The Morgan fingerprint density at radius 2 is 2.07 bits per heavy atom. The van der Waals surface area contributed by atoms with Gasteiger partial charge in [-0.25, -0.2) is 0 Å². The normalized spacial score (nSPS) is 27.3. The maximum absolute atomic E-state index is 12.1. The monoisotopic (exact) mass is 415 g/mol. The summed E-state index contributed by atoms with van der Waals surface area (Å²) in [6.45, 7) is 9.47. The highest BCUT2D eigenvalue weighted by atomic mass is 16.3. The first-order chi connectivity index (χ1) is 14.4. The van der Waals surface area contributed by atoms with E-state index >= 15 is 0 Å². The summed E-state index contributed by atoms with van der Waals surface area (Å²) in [5.41, 5.74) is 1.48. The summed E-state index contributed by atoms with van der Waals surface area (Å²) in [5.74, 6) is 7.28. The molecule has 0 spiro atoms. The number of hydrogen-bond donors (Lipinski definition) is 2. The van der Waals surface area contributed by atoms with Crippen molar-refractivity contribution in [2.24, 2.45) is 23.7 Å². The van der Waals surface area contributed by atoms with Crippen molar-refractivity contribution in [3.63, 3.8) is 0 Å². The van der Waals surface area contributed by atoms with E-state index in [2.05, 4.69) is 24.0 Å². The predicted molar refractivity (Wildman–Crippen MR) is 123 cm³/mol. The van der Waals surface area contributed by atoms with E-state index in [9.17, 15) is 15.0 Å². The summed E-state index contributed by atoms with van der Waals surface area (Å²) >= 11 is 0. The van der Waals surface area contributed by atoms with Crippen molar-refractivity contribution in [3.8, 4) is 11.8 Å². The third kappa shape index (κ3) is 6.72. The number of hydrogen-bond acceptors (Lipinski definition) is 3. The molecule has 0 saturated heterocycles. The van der Waals surface area contributed by atoms with Crippen LogP contribution in [0, 0.1) is 35.5 Å². The van der Waals surface area contributed by atoms with Crippen LogP contribution < -0.4 is 0 Å². The summed E-state index contributed by atoms with van der Waals surface area (Å²) in [4.78, 5) is 14.0. The topological polar surface area (TPSA) is 60.8 Å². The molecule has 0 aromatic carbocycles. The Morgan fingerprint density at radius 3 is 2.73 bits per heavy atom. The van der Waals surface area contributed by atoms with E-state index in [-0.39, 0.29) is 23.8 Å². The molecular weight excluding hydrogens is 374 g/mol. The molecule has 1 fully saturated rings. The molecule has 2 aliphatic carbocycles. The van der Waals surface area contributed by atoms with Gasteiger partial charge >= 0.3 is 0 Å². The highest BCUT2D eigenvalue weighted by Gasteiger charge is 2.43. The molecule has 30 heavy (non-hydrogen) atoms. The maximum atomic E-state index is 12.1. The van der Waals surface area contributed by atoms with Crippen LogP contribution in [0.25, 0.3) is 0 Å². The van der Waals surface area contributed by atoms with E-state index in [0.717, 1.165) is 45.2 Å². The average molecular weight is 416 g/mol. The number of rotatable bonds is 11. The minimum Gasteiger partial charge on any atom is -0.392 e. The van der Waals surface area contributed by atoms with Crippen LogP contribution in [-0.4, -0.2) is 46.3 Å². The zero-order valence-electron chi connectivity index (χ0n) is 19.3. The number of unbranched alkanes of at least 4 members (excludes halogenated alkanes) is 1. The SMILES string of the molecule is CC#CC[C@H](C)[C@H](O)/C=C/[C@@H]1[C@H]2CC(CCCCC(=O)N(CC)CC)=C[C@H]2C[C@H]1O. The van der Waals surface area contributed by atoms with Gasteiger partial charge in [0.15, 0.2) is 0 Å². The van der Waals surface area contributed by atoms with Crippen molar-refractivity contribution >= 4 is 5.91 Å². The lowest BCUT2D eigenvalue weighted by Crippen LogP contribution is -2.30. The Morgan fingerprint density at radius 1 is 1.33 bits per heavy atom. The molecule has 4 nitrogen and oxygen atoms in total. The second-order valence-electron chi connectivity index (χ2n) is 8.99. The molecule has 0 aromatic rings. The minimum absolute atomic E-state index is 0.0966. The van der Waals surface area contributed by atoms with Gasteiger partial charge in [-0.05, 0) is 70.6 Å². The molecule has 0 unspecified atom stereocenters. The lowest BCUT2D eigenvalue weighted by molar-refractivity contribution is -0.130. The average Bonchev–Trinajstić information content (AvgIpc) is 3.24. The van der Waals surface area contributed by atoms with E-state index in [1.165, 1.54) is 5.57 Å². The van der Waals surface area contributed by atoms with Gasteiger partial charge < -0.3 is 15.1 Å². The first kappa shape index (κ1) is 24.7. The van der Waals surface area contributed by atoms with Crippen molar-refractivity contribution in [3.05, 3.63) is 23.8 Å². The molecule has 6 atom stereocenters. The Bertz CT molecular complexity index is 668. The van der Waals surface area contributed by atoms with Crippen LogP contribution in [0.15, 0.2) is 23.8 Å². The van der Waals surface area contributed by atoms with Gasteiger partial charge in [-0.2, -0.15) is 0 Å². The van der Waals surface area contributed by atoms with Crippen molar-refractivity contribution in [1.82, 2.24) is 4.90 Å². The molecule has 0 radical (unpaired) electrons. The van der Waals surface area contributed by atoms with Crippen molar-refractivity contribution in [1.29, 1.82) is 0 Å². The minimum atomic E-state index is -0.519. The molecule has 1 saturated carbocycles. The number of carbonyl (C=O) groups is 1. The standard InChI is InChI=1S/C26H41NO3/c1-5-8-11-19(4)24(28)15-14-22-23-17-20(16-21(23)18-25(22)29)12-9-10-13-26(30)27(6-2)7-3/h14-16,19,21-25,28-29H,6-7,9-13,17-18H2,1-4H3/b15-14+/t19-,21-,22+,23-,24+,25+/m0/s1. The fourth-order valence-corrected chi connectivity index (χ4v) is 4.97. The molecule has 2 aliphatic rings. The summed E-state index contributed by atoms with van der Waals surface area (Å²) in [7, 11) is 0. The van der Waals surface area contributed by atoms with Crippen LogP contribution in [0.3, 0.4) is 0 Å². The van der Waals surface area contributed by atoms with Gasteiger partial charge in [-0.3, -0.25) is 4.79 Å². The van der Waals surface area contributed by atoms with Gasteiger partial charge in [0.1, 0.15) is 0 Å². The zero-order chi connectivity index (χ0) is 22.1. The second kappa shape index (κ2) is 12.3. The van der Waals surface area contributed by atoms with Crippen LogP contribution in [0.5, 0.6) is 0 Å². The van der Waals surface area contributed by atoms with Gasteiger partial charge in [0.2, 0.25) is 5.91 Å². The highest BCUT2D eigenvalue weighted by Crippen LogP contribution is 2.48. The highest BCUT2D eigenvalue weighted by molar-refractivity contribution is 5.76. The van der Waals surface area contributed by atoms with E-state index < -0.39 is 6.10 Å². The number of aliphatic hydroxyl groups excluding tert-OH is 2. The van der Waals surface area contributed by atoms with Crippen LogP contribution in [0.4, 0.5) is 0 Å². The molecule has 0 aromatic heterocycles. The molecule has 168 valence electrons. The van der Waals surface area contributed by atoms with E-state index in [1.54, 1.807) is 0 Å². The smallest absolute Gasteiger partial charge is 0.222 e. The number of aliphatic hydroxyl groups is 2. The summed E-state index contributed by atoms with van der Waals surface area (Å²) in [6, 6.07) is 0. The second-order valence-corrected chi connectivity index (χ2v) is 8.99. The Kier molecular flexibility index (Phi) is 10.1. The molecule has 0 bridgehead atoms. The van der Waals surface area contributed by atoms with E-state index in [0.29, 0.717) is 24.7 Å². The third-order valence-electron chi connectivity index (χ3n) is 6.92. The van der Waals surface area contributed by atoms with Gasteiger partial charge in [0.25, 0.3) is 0 Å². The van der Waals surface area contributed by atoms with Gasteiger partial charge in [0, 0.05) is 31.8 Å². The zero-order valence-corrected chi connectivity index (χ0v) is 19.3. The summed E-state index contributed by atoms with van der Waals surface area (Å²) < 4.78 is 0. The summed E-state index contributed by atoms with van der Waals surface area (Å²) in [5, 5.41) is 20.9.